The fourth-order valence-electron chi connectivity index (χ4n) is 4.46. The van der Waals surface area contributed by atoms with Gasteiger partial charge in [0.15, 0.2) is 4.80 Å². The summed E-state index contributed by atoms with van der Waals surface area (Å²) in [5, 5.41) is 14.5. The van der Waals surface area contributed by atoms with Gasteiger partial charge in [0.1, 0.15) is 5.00 Å². The maximum Gasteiger partial charge on any atom is 0.341 e. The summed E-state index contributed by atoms with van der Waals surface area (Å²) in [6, 6.07) is 4.53. The number of anilines is 1. The van der Waals surface area contributed by atoms with Crippen LogP contribution in [0.3, 0.4) is 0 Å². The van der Waals surface area contributed by atoms with Crippen LogP contribution in [0.1, 0.15) is 47.0 Å². The number of rotatable bonds is 11. The molecule has 40 heavy (non-hydrogen) atoms. The summed E-state index contributed by atoms with van der Waals surface area (Å²) < 4.78 is 12.9. The maximum absolute atomic E-state index is 12.7. The second-order valence-corrected chi connectivity index (χ2v) is 12.0. The number of fused-ring (bicyclic) bond motifs is 2. The summed E-state index contributed by atoms with van der Waals surface area (Å²) >= 11 is 3.73. The molecule has 0 saturated carbocycles. The highest BCUT2D eigenvalue weighted by atomic mass is 32.2. The van der Waals surface area contributed by atoms with Gasteiger partial charge in [-0.05, 0) is 44.2 Å². The first kappa shape index (κ1) is 29.9. The molecule has 0 aliphatic heterocycles. The van der Waals surface area contributed by atoms with Crippen LogP contribution in [0.25, 0.3) is 10.2 Å². The van der Waals surface area contributed by atoms with Crippen LogP contribution in [-0.4, -0.2) is 59.1 Å². The number of aryl methyl sites for hydroxylation is 1. The quantitative estimate of drug-likeness (QED) is 0.110. The number of carbonyl (C=O) groups excluding carboxylic acids is 3. The van der Waals surface area contributed by atoms with Gasteiger partial charge >= 0.3 is 5.97 Å². The van der Waals surface area contributed by atoms with Crippen molar-refractivity contribution in [3.8, 4) is 0 Å². The van der Waals surface area contributed by atoms with Crippen molar-refractivity contribution in [3.63, 3.8) is 0 Å². The van der Waals surface area contributed by atoms with E-state index in [0.717, 1.165) is 59.8 Å². The van der Waals surface area contributed by atoms with Crippen LogP contribution in [0.4, 0.5) is 10.7 Å². The van der Waals surface area contributed by atoms with E-state index < -0.39 is 16.8 Å². The smallest absolute Gasteiger partial charge is 0.341 e. The molecule has 0 fully saturated rings. The van der Waals surface area contributed by atoms with Gasteiger partial charge in [-0.3, -0.25) is 19.7 Å². The summed E-state index contributed by atoms with van der Waals surface area (Å²) in [5.74, 6) is -1.23. The van der Waals surface area contributed by atoms with Gasteiger partial charge in [-0.1, -0.05) is 17.8 Å². The number of hydrogen-bond acceptors (Lipinski definition) is 10. The fraction of sp³-hybridized carbons (Fsp3) is 0.462. The Bertz CT molecular complexity index is 1490. The number of non-ortho nitro benzene ring substituents is 1. The van der Waals surface area contributed by atoms with Gasteiger partial charge in [0.25, 0.3) is 11.6 Å². The largest absolute Gasteiger partial charge is 0.465 e. The van der Waals surface area contributed by atoms with Crippen molar-refractivity contribution in [2.75, 3.05) is 37.1 Å². The lowest BCUT2D eigenvalue weighted by Crippen LogP contribution is -2.20. The average Bonchev–Trinajstić information content (AvgIpc) is 3.34. The number of ether oxygens (including phenoxy) is 2. The lowest BCUT2D eigenvalue weighted by atomic mass is 10.1. The zero-order chi connectivity index (χ0) is 28.6. The Kier molecular flexibility index (Phi) is 10.5. The van der Waals surface area contributed by atoms with Crippen LogP contribution < -0.4 is 10.1 Å². The zero-order valence-corrected chi connectivity index (χ0v) is 24.7. The predicted octanol–water partition coefficient (Wildman–Crippen LogP) is 4.56. The Morgan fingerprint density at radius 1 is 1.18 bits per heavy atom. The zero-order valence-electron chi connectivity index (χ0n) is 22.2. The number of carbonyl (C=O) groups is 3. The first-order valence-corrected chi connectivity index (χ1v) is 15.6. The lowest BCUT2D eigenvalue weighted by Gasteiger charge is -2.07. The standard InChI is InChI=1S/C26H30N4O7S3/c1-3-37-12-11-29-18-10-9-16(30(34)35)13-20(18)40-26(29)28-22(32)15-38-14-21(31)27-24-23(25(33)36-2)17-7-5-4-6-8-19(17)39-24/h9-10,13H,3-8,11-12,14-15H2,1-2H3,(H,27,31). The monoisotopic (exact) mass is 606 g/mol. The van der Waals surface area contributed by atoms with Crippen LogP contribution in [0, 0.1) is 10.1 Å². The van der Waals surface area contributed by atoms with E-state index >= 15 is 0 Å². The van der Waals surface area contributed by atoms with Gasteiger partial charge in [0.05, 0.1) is 45.9 Å². The molecule has 2 heterocycles. The van der Waals surface area contributed by atoms with Crippen molar-refractivity contribution >= 4 is 73.1 Å². The van der Waals surface area contributed by atoms with Crippen LogP contribution in [0.5, 0.6) is 0 Å². The van der Waals surface area contributed by atoms with Gasteiger partial charge in [-0.25, -0.2) is 4.79 Å². The number of methoxy groups -OCH3 is 1. The minimum atomic E-state index is -0.464. The van der Waals surface area contributed by atoms with Crippen molar-refractivity contribution in [3.05, 3.63) is 49.1 Å². The van der Waals surface area contributed by atoms with Gasteiger partial charge in [0.2, 0.25) is 5.91 Å². The number of esters is 1. The maximum atomic E-state index is 12.7. The fourth-order valence-corrected chi connectivity index (χ4v) is 7.46. The number of amides is 2. The number of nitro benzene ring substituents is 1. The lowest BCUT2D eigenvalue weighted by molar-refractivity contribution is -0.384. The van der Waals surface area contributed by atoms with E-state index in [2.05, 4.69) is 10.3 Å². The van der Waals surface area contributed by atoms with E-state index in [-0.39, 0.29) is 23.1 Å². The molecule has 0 radical (unpaired) electrons. The number of thioether (sulfide) groups is 1. The number of aromatic nitrogens is 1. The molecule has 0 saturated heterocycles. The van der Waals surface area contributed by atoms with Crippen molar-refractivity contribution in [2.45, 2.75) is 45.6 Å². The molecule has 0 bridgehead atoms. The topological polar surface area (TPSA) is 142 Å². The third kappa shape index (κ3) is 7.16. The van der Waals surface area contributed by atoms with E-state index in [4.69, 9.17) is 9.47 Å². The molecule has 4 rings (SSSR count). The normalized spacial score (nSPS) is 13.6. The molecule has 1 N–H and O–H groups in total. The second kappa shape index (κ2) is 14.0. The van der Waals surface area contributed by atoms with Gasteiger partial charge in [-0.2, -0.15) is 4.99 Å². The van der Waals surface area contributed by atoms with Crippen LogP contribution in [0.15, 0.2) is 23.2 Å². The SMILES string of the molecule is CCOCCn1c(=NC(=O)CSCC(=O)Nc2sc3c(c2C(=O)OC)CCCCC3)sc2cc([N+](=O)[O-])ccc21. The van der Waals surface area contributed by atoms with Crippen LogP contribution in [-0.2, 0) is 38.4 Å². The Morgan fingerprint density at radius 3 is 2.73 bits per heavy atom. The van der Waals surface area contributed by atoms with E-state index in [1.807, 2.05) is 11.5 Å². The van der Waals surface area contributed by atoms with E-state index in [1.54, 1.807) is 6.07 Å². The summed E-state index contributed by atoms with van der Waals surface area (Å²) in [6.45, 7) is 3.25. The molecule has 2 amide bonds. The summed E-state index contributed by atoms with van der Waals surface area (Å²) in [4.78, 5) is 54.4. The Balaban J connectivity index is 1.43. The highest BCUT2D eigenvalue weighted by Gasteiger charge is 2.26. The van der Waals surface area contributed by atoms with Crippen LogP contribution in [0.2, 0.25) is 0 Å². The first-order valence-electron chi connectivity index (χ1n) is 12.9. The Hall–Kier alpha value is -3.07. The molecule has 14 heteroatoms. The number of thiazole rings is 1. The number of nitro groups is 1. The molecule has 0 spiro atoms. The number of benzene rings is 1. The van der Waals surface area contributed by atoms with Gasteiger partial charge in [-0.15, -0.1) is 23.1 Å². The highest BCUT2D eigenvalue weighted by molar-refractivity contribution is 8.00. The summed E-state index contributed by atoms with van der Waals surface area (Å²) in [6.07, 6.45) is 4.80. The van der Waals surface area contributed by atoms with E-state index in [9.17, 15) is 24.5 Å². The van der Waals surface area contributed by atoms with Crippen molar-refractivity contribution in [2.24, 2.45) is 4.99 Å². The summed E-state index contributed by atoms with van der Waals surface area (Å²) in [7, 11) is 1.33. The first-order chi connectivity index (χ1) is 19.3. The molecule has 0 atom stereocenters. The van der Waals surface area contributed by atoms with Gasteiger partial charge < -0.3 is 19.4 Å². The molecule has 1 aromatic carbocycles. The molecule has 214 valence electrons. The van der Waals surface area contributed by atoms with Crippen molar-refractivity contribution in [1.82, 2.24) is 4.57 Å². The minimum absolute atomic E-state index is 0.00733. The predicted molar refractivity (Wildman–Crippen MR) is 156 cm³/mol. The minimum Gasteiger partial charge on any atom is -0.465 e. The number of nitrogens with one attached hydrogen (secondary N) is 1. The molecule has 2 aromatic heterocycles. The molecule has 3 aromatic rings. The molecule has 1 aliphatic carbocycles. The Labute approximate surface area is 242 Å². The molecule has 1 aliphatic rings. The van der Waals surface area contributed by atoms with Crippen molar-refractivity contribution in [1.29, 1.82) is 0 Å². The second-order valence-electron chi connectivity index (χ2n) is 8.95. The molecule has 0 unspecified atom stereocenters. The molecular formula is C26H30N4O7S3. The van der Waals surface area contributed by atoms with Crippen LogP contribution >= 0.6 is 34.4 Å². The number of thiophene rings is 1. The number of nitrogens with zero attached hydrogens (tertiary/aromatic N) is 3. The van der Waals surface area contributed by atoms with E-state index in [0.29, 0.717) is 39.8 Å². The van der Waals surface area contributed by atoms with Crippen molar-refractivity contribution < 1.29 is 28.8 Å². The Morgan fingerprint density at radius 2 is 1.98 bits per heavy atom. The third-order valence-electron chi connectivity index (χ3n) is 6.28. The molecular weight excluding hydrogens is 577 g/mol. The van der Waals surface area contributed by atoms with Gasteiger partial charge in [0, 0.05) is 30.2 Å². The third-order valence-corrected chi connectivity index (χ3v) is 9.45. The number of hydrogen-bond donors (Lipinski definition) is 1. The molecule has 11 nitrogen and oxygen atoms in total. The average molecular weight is 607 g/mol. The highest BCUT2D eigenvalue weighted by Crippen LogP contribution is 2.38. The summed E-state index contributed by atoms with van der Waals surface area (Å²) in [5.41, 5.74) is 2.10. The van der Waals surface area contributed by atoms with E-state index in [1.165, 1.54) is 41.9 Å².